The molecule has 2 rings (SSSR count). The third-order valence-electron chi connectivity index (χ3n) is 2.07. The van der Waals surface area contributed by atoms with Crippen LogP contribution in [0.3, 0.4) is 0 Å². The molecule has 14 heavy (non-hydrogen) atoms. The van der Waals surface area contributed by atoms with E-state index >= 15 is 0 Å². The van der Waals surface area contributed by atoms with E-state index in [0.29, 0.717) is 18.1 Å². The molecule has 0 atom stereocenters. The van der Waals surface area contributed by atoms with Gasteiger partial charge in [0.25, 0.3) is 0 Å². The average Bonchev–Trinajstić information content (AvgIpc) is 2.85. The van der Waals surface area contributed by atoms with Gasteiger partial charge in [0.2, 0.25) is 0 Å². The van der Waals surface area contributed by atoms with Crippen LogP contribution < -0.4 is 5.73 Å². The monoisotopic (exact) mass is 192 g/mol. The van der Waals surface area contributed by atoms with Crippen LogP contribution in [0.2, 0.25) is 0 Å². The van der Waals surface area contributed by atoms with Crippen LogP contribution in [0.4, 0.5) is 0 Å². The van der Waals surface area contributed by atoms with E-state index in [2.05, 4.69) is 4.98 Å². The fourth-order valence-electron chi connectivity index (χ4n) is 1.30. The molecule has 0 aliphatic heterocycles. The van der Waals surface area contributed by atoms with Gasteiger partial charge in [0.1, 0.15) is 11.5 Å². The number of nitrogens with zero attached hydrogens (tertiary/aromatic N) is 1. The Bertz CT molecular complexity index is 417. The molecule has 4 nitrogen and oxygen atoms in total. The lowest BCUT2D eigenvalue weighted by molar-refractivity contribution is 0.493. The Kier molecular flexibility index (Phi) is 2.37. The maximum atomic E-state index is 5.53. The minimum absolute atomic E-state index is 0.355. The van der Waals surface area contributed by atoms with Gasteiger partial charge in [0.15, 0.2) is 17.9 Å². The standard InChI is InChI=1S/C10H12N2O2/c1-2-7-3-4-9(14-7)10-8(5-11)12-6-13-10/h3-4,6H,2,5,11H2,1H3. The Labute approximate surface area is 81.7 Å². The summed E-state index contributed by atoms with van der Waals surface area (Å²) in [7, 11) is 0. The van der Waals surface area contributed by atoms with E-state index < -0.39 is 0 Å². The SMILES string of the molecule is CCc1ccc(-c2ocnc2CN)o1. The molecule has 0 aliphatic rings. The van der Waals surface area contributed by atoms with Crippen LogP contribution in [0.15, 0.2) is 27.4 Å². The van der Waals surface area contributed by atoms with Gasteiger partial charge in [-0.2, -0.15) is 0 Å². The average molecular weight is 192 g/mol. The summed E-state index contributed by atoms with van der Waals surface area (Å²) in [6.07, 6.45) is 2.25. The van der Waals surface area contributed by atoms with Crippen LogP contribution in [0.5, 0.6) is 0 Å². The van der Waals surface area contributed by atoms with E-state index in [9.17, 15) is 0 Å². The minimum Gasteiger partial charge on any atom is -0.458 e. The molecule has 0 saturated heterocycles. The van der Waals surface area contributed by atoms with Crippen LogP contribution in [-0.2, 0) is 13.0 Å². The molecular weight excluding hydrogens is 180 g/mol. The second-order valence-corrected chi connectivity index (χ2v) is 2.95. The summed E-state index contributed by atoms with van der Waals surface area (Å²) >= 11 is 0. The number of aromatic nitrogens is 1. The summed E-state index contributed by atoms with van der Waals surface area (Å²) < 4.78 is 10.7. The van der Waals surface area contributed by atoms with Crippen molar-refractivity contribution < 1.29 is 8.83 Å². The van der Waals surface area contributed by atoms with Crippen molar-refractivity contribution in [2.75, 3.05) is 0 Å². The zero-order chi connectivity index (χ0) is 9.97. The Morgan fingerprint density at radius 3 is 2.93 bits per heavy atom. The molecule has 4 heteroatoms. The predicted molar refractivity (Wildman–Crippen MR) is 51.5 cm³/mol. The van der Waals surface area contributed by atoms with Gasteiger partial charge in [0.05, 0.1) is 0 Å². The number of rotatable bonds is 3. The third kappa shape index (κ3) is 1.44. The lowest BCUT2D eigenvalue weighted by Crippen LogP contribution is -1.97. The lowest BCUT2D eigenvalue weighted by Gasteiger charge is -1.93. The van der Waals surface area contributed by atoms with E-state index in [4.69, 9.17) is 14.6 Å². The second-order valence-electron chi connectivity index (χ2n) is 2.95. The molecule has 0 saturated carbocycles. The summed E-state index contributed by atoms with van der Waals surface area (Å²) in [5.74, 6) is 2.26. The molecule has 2 aromatic rings. The van der Waals surface area contributed by atoms with Crippen molar-refractivity contribution in [2.24, 2.45) is 5.73 Å². The van der Waals surface area contributed by atoms with Crippen LogP contribution in [0.1, 0.15) is 18.4 Å². The van der Waals surface area contributed by atoms with E-state index in [-0.39, 0.29) is 0 Å². The normalized spacial score (nSPS) is 10.7. The number of hydrogen-bond donors (Lipinski definition) is 1. The van der Waals surface area contributed by atoms with Crippen molar-refractivity contribution in [3.8, 4) is 11.5 Å². The highest BCUT2D eigenvalue weighted by molar-refractivity contribution is 5.52. The fraction of sp³-hybridized carbons (Fsp3) is 0.300. The first kappa shape index (κ1) is 9.02. The number of oxazole rings is 1. The molecule has 0 aromatic carbocycles. The Morgan fingerprint density at radius 2 is 2.29 bits per heavy atom. The molecule has 0 radical (unpaired) electrons. The van der Waals surface area contributed by atoms with Gasteiger partial charge in [-0.1, -0.05) is 6.92 Å². The molecule has 0 aliphatic carbocycles. The largest absolute Gasteiger partial charge is 0.458 e. The Morgan fingerprint density at radius 1 is 1.43 bits per heavy atom. The Hall–Kier alpha value is -1.55. The molecule has 0 amide bonds. The van der Waals surface area contributed by atoms with Crippen molar-refractivity contribution in [3.05, 3.63) is 30.0 Å². The molecule has 0 unspecified atom stereocenters. The van der Waals surface area contributed by atoms with Crippen molar-refractivity contribution in [3.63, 3.8) is 0 Å². The quantitative estimate of drug-likeness (QED) is 0.807. The highest BCUT2D eigenvalue weighted by atomic mass is 16.4. The van der Waals surface area contributed by atoms with Gasteiger partial charge in [-0.3, -0.25) is 0 Å². The maximum absolute atomic E-state index is 5.53. The summed E-state index contributed by atoms with van der Waals surface area (Å²) in [5.41, 5.74) is 6.23. The van der Waals surface area contributed by atoms with Crippen molar-refractivity contribution in [1.29, 1.82) is 0 Å². The van der Waals surface area contributed by atoms with Gasteiger partial charge in [-0.25, -0.2) is 4.98 Å². The van der Waals surface area contributed by atoms with E-state index in [1.54, 1.807) is 0 Å². The zero-order valence-corrected chi connectivity index (χ0v) is 7.99. The summed E-state index contributed by atoms with van der Waals surface area (Å²) in [6.45, 7) is 2.39. The molecular formula is C10H12N2O2. The van der Waals surface area contributed by atoms with Crippen molar-refractivity contribution in [2.45, 2.75) is 19.9 Å². The van der Waals surface area contributed by atoms with E-state index in [1.165, 1.54) is 6.39 Å². The van der Waals surface area contributed by atoms with Gasteiger partial charge in [-0.05, 0) is 12.1 Å². The van der Waals surface area contributed by atoms with Crippen LogP contribution in [-0.4, -0.2) is 4.98 Å². The number of furan rings is 1. The highest BCUT2D eigenvalue weighted by Crippen LogP contribution is 2.25. The summed E-state index contributed by atoms with van der Waals surface area (Å²) in [4.78, 5) is 3.99. The number of hydrogen-bond acceptors (Lipinski definition) is 4. The second kappa shape index (κ2) is 3.67. The summed E-state index contributed by atoms with van der Waals surface area (Å²) in [6, 6.07) is 3.80. The van der Waals surface area contributed by atoms with Crippen LogP contribution in [0.25, 0.3) is 11.5 Å². The van der Waals surface area contributed by atoms with E-state index in [0.717, 1.165) is 17.9 Å². The molecule has 2 aromatic heterocycles. The van der Waals surface area contributed by atoms with Gasteiger partial charge in [0, 0.05) is 13.0 Å². The zero-order valence-electron chi connectivity index (χ0n) is 7.99. The molecule has 2 heterocycles. The van der Waals surface area contributed by atoms with Crippen LogP contribution >= 0.6 is 0 Å². The van der Waals surface area contributed by atoms with E-state index in [1.807, 2.05) is 19.1 Å². The minimum atomic E-state index is 0.355. The fourth-order valence-corrected chi connectivity index (χ4v) is 1.30. The van der Waals surface area contributed by atoms with Gasteiger partial charge >= 0.3 is 0 Å². The van der Waals surface area contributed by atoms with Crippen molar-refractivity contribution >= 4 is 0 Å². The molecule has 74 valence electrons. The maximum Gasteiger partial charge on any atom is 0.194 e. The topological polar surface area (TPSA) is 65.2 Å². The van der Waals surface area contributed by atoms with Gasteiger partial charge in [-0.15, -0.1) is 0 Å². The first-order valence-corrected chi connectivity index (χ1v) is 4.56. The van der Waals surface area contributed by atoms with Crippen LogP contribution in [0, 0.1) is 0 Å². The smallest absolute Gasteiger partial charge is 0.194 e. The first-order valence-electron chi connectivity index (χ1n) is 4.56. The molecule has 0 spiro atoms. The van der Waals surface area contributed by atoms with Gasteiger partial charge < -0.3 is 14.6 Å². The number of aryl methyl sites for hydroxylation is 1. The third-order valence-corrected chi connectivity index (χ3v) is 2.07. The summed E-state index contributed by atoms with van der Waals surface area (Å²) in [5, 5.41) is 0. The van der Waals surface area contributed by atoms with Crippen molar-refractivity contribution in [1.82, 2.24) is 4.98 Å². The lowest BCUT2D eigenvalue weighted by atomic mass is 10.3. The molecule has 0 bridgehead atoms. The molecule has 2 N–H and O–H groups in total. The highest BCUT2D eigenvalue weighted by Gasteiger charge is 2.12. The Balaban J connectivity index is 2.38. The first-order chi connectivity index (χ1) is 6.85. The number of nitrogens with two attached hydrogens (primary N) is 1. The predicted octanol–water partition coefficient (Wildman–Crippen LogP) is 1.96. The molecule has 0 fully saturated rings.